The van der Waals surface area contributed by atoms with Crippen molar-refractivity contribution in [2.75, 3.05) is 25.1 Å². The van der Waals surface area contributed by atoms with Gasteiger partial charge in [-0.25, -0.2) is 4.98 Å². The first-order valence-corrected chi connectivity index (χ1v) is 10.1. The number of rotatable bonds is 8. The molecule has 0 bridgehead atoms. The zero-order valence-electron chi connectivity index (χ0n) is 17.0. The number of hydrogen-bond acceptors (Lipinski definition) is 8. The highest BCUT2D eigenvalue weighted by Gasteiger charge is 2.17. The molecule has 1 aliphatic rings. The van der Waals surface area contributed by atoms with Crippen LogP contribution in [0.2, 0.25) is 0 Å². The van der Waals surface area contributed by atoms with Gasteiger partial charge >= 0.3 is 0 Å². The molecule has 0 aliphatic heterocycles. The summed E-state index contributed by atoms with van der Waals surface area (Å²) in [6.07, 6.45) is 6.83. The SMILES string of the molecule is CCOCCOc1ccc(-n2nnc3cnc(NC4CCCC4)nc32)cc1.NC=O. The molecule has 160 valence electrons. The first-order valence-electron chi connectivity index (χ1n) is 10.1. The number of hydrogen-bond donors (Lipinski definition) is 2. The van der Waals surface area contributed by atoms with Gasteiger partial charge in [-0.05, 0) is 44.0 Å². The maximum atomic E-state index is 8.58. The summed E-state index contributed by atoms with van der Waals surface area (Å²) in [4.78, 5) is 17.6. The molecule has 4 rings (SSSR count). The molecule has 1 aromatic carbocycles. The molecule has 3 aromatic rings. The Kier molecular flexibility index (Phi) is 7.90. The fourth-order valence-electron chi connectivity index (χ4n) is 3.27. The molecule has 0 radical (unpaired) electrons. The average Bonchev–Trinajstić information content (AvgIpc) is 3.42. The molecule has 10 nitrogen and oxygen atoms in total. The Morgan fingerprint density at radius 2 is 1.97 bits per heavy atom. The number of carbonyl (C=O) groups is 1. The molecule has 1 aliphatic carbocycles. The summed E-state index contributed by atoms with van der Waals surface area (Å²) >= 11 is 0. The number of benzene rings is 1. The molecule has 0 unspecified atom stereocenters. The maximum absolute atomic E-state index is 8.58. The summed E-state index contributed by atoms with van der Waals surface area (Å²) in [6.45, 7) is 3.78. The van der Waals surface area contributed by atoms with Crippen LogP contribution in [-0.4, -0.2) is 57.2 Å². The van der Waals surface area contributed by atoms with Crippen molar-refractivity contribution in [3.05, 3.63) is 30.5 Å². The Bertz CT molecular complexity index is 924. The van der Waals surface area contributed by atoms with Crippen molar-refractivity contribution in [1.29, 1.82) is 0 Å². The molecule has 1 amide bonds. The fraction of sp³-hybridized carbons (Fsp3) is 0.450. The van der Waals surface area contributed by atoms with Crippen LogP contribution in [0.4, 0.5) is 5.95 Å². The highest BCUT2D eigenvalue weighted by atomic mass is 16.5. The second kappa shape index (κ2) is 11.1. The van der Waals surface area contributed by atoms with Crippen LogP contribution >= 0.6 is 0 Å². The van der Waals surface area contributed by atoms with E-state index in [0.29, 0.717) is 43.0 Å². The number of aromatic nitrogens is 5. The third kappa shape index (κ3) is 5.63. The molecular weight excluding hydrogens is 386 g/mol. The number of fused-ring (bicyclic) bond motifs is 1. The van der Waals surface area contributed by atoms with Gasteiger partial charge in [-0.15, -0.1) is 5.10 Å². The average molecular weight is 413 g/mol. The van der Waals surface area contributed by atoms with Crippen molar-refractivity contribution >= 4 is 23.5 Å². The molecule has 3 N–H and O–H groups in total. The van der Waals surface area contributed by atoms with Crippen LogP contribution < -0.4 is 15.8 Å². The summed E-state index contributed by atoms with van der Waals surface area (Å²) < 4.78 is 12.7. The topological polar surface area (TPSA) is 130 Å². The van der Waals surface area contributed by atoms with E-state index in [9.17, 15) is 0 Å². The number of amides is 1. The van der Waals surface area contributed by atoms with Gasteiger partial charge in [0.2, 0.25) is 12.4 Å². The van der Waals surface area contributed by atoms with E-state index in [1.54, 1.807) is 10.9 Å². The summed E-state index contributed by atoms with van der Waals surface area (Å²) in [5, 5.41) is 11.8. The third-order valence-corrected chi connectivity index (χ3v) is 4.66. The Hall–Kier alpha value is -3.27. The quantitative estimate of drug-likeness (QED) is 0.424. The molecule has 1 fully saturated rings. The zero-order chi connectivity index (χ0) is 21.2. The van der Waals surface area contributed by atoms with Gasteiger partial charge in [0.25, 0.3) is 0 Å². The van der Waals surface area contributed by atoms with E-state index in [1.807, 2.05) is 31.2 Å². The molecule has 1 saturated carbocycles. The molecule has 0 spiro atoms. The van der Waals surface area contributed by atoms with Gasteiger partial charge in [-0.2, -0.15) is 9.67 Å². The van der Waals surface area contributed by atoms with E-state index < -0.39 is 0 Å². The molecule has 2 aromatic heterocycles. The van der Waals surface area contributed by atoms with Crippen LogP contribution in [0.15, 0.2) is 30.5 Å². The lowest BCUT2D eigenvalue weighted by molar-refractivity contribution is -0.106. The number of nitrogens with zero attached hydrogens (tertiary/aromatic N) is 5. The number of anilines is 1. The molecule has 30 heavy (non-hydrogen) atoms. The number of carbonyl (C=O) groups excluding carboxylic acids is 1. The van der Waals surface area contributed by atoms with Gasteiger partial charge in [-0.3, -0.25) is 4.79 Å². The van der Waals surface area contributed by atoms with Crippen molar-refractivity contribution < 1.29 is 14.3 Å². The van der Waals surface area contributed by atoms with E-state index in [4.69, 9.17) is 14.3 Å². The van der Waals surface area contributed by atoms with Crippen LogP contribution in [-0.2, 0) is 9.53 Å². The Labute approximate surface area is 174 Å². The number of ether oxygens (including phenoxy) is 2. The molecular formula is C20H27N7O3. The van der Waals surface area contributed by atoms with E-state index in [1.165, 1.54) is 25.7 Å². The van der Waals surface area contributed by atoms with Crippen LogP contribution in [0.1, 0.15) is 32.6 Å². The van der Waals surface area contributed by atoms with E-state index in [2.05, 4.69) is 31.3 Å². The summed E-state index contributed by atoms with van der Waals surface area (Å²) in [5.74, 6) is 1.43. The van der Waals surface area contributed by atoms with Gasteiger partial charge in [0.05, 0.1) is 18.5 Å². The van der Waals surface area contributed by atoms with E-state index >= 15 is 0 Å². The van der Waals surface area contributed by atoms with Gasteiger partial charge in [0.15, 0.2) is 11.2 Å². The first-order chi connectivity index (χ1) is 14.7. The zero-order valence-corrected chi connectivity index (χ0v) is 17.0. The minimum absolute atomic E-state index is 0.250. The van der Waals surface area contributed by atoms with Crippen LogP contribution in [0.25, 0.3) is 16.9 Å². The molecule has 0 saturated heterocycles. The highest BCUT2D eigenvalue weighted by Crippen LogP contribution is 2.22. The first kappa shape index (κ1) is 21.4. The van der Waals surface area contributed by atoms with Gasteiger partial charge in [0.1, 0.15) is 12.4 Å². The third-order valence-electron chi connectivity index (χ3n) is 4.66. The Morgan fingerprint density at radius 1 is 1.23 bits per heavy atom. The van der Waals surface area contributed by atoms with Crippen molar-refractivity contribution in [3.63, 3.8) is 0 Å². The standard InChI is InChI=1S/C19H24N6O2.CH3NO/c1-2-26-11-12-27-16-9-7-15(8-10-16)25-18-17(23-24-25)13-20-19(22-18)21-14-5-3-4-6-14;2-1-3/h7-10,13-14H,2-6,11-12H2,1H3,(H,20,21,22);1H,(H2,2,3). The van der Waals surface area contributed by atoms with Crippen molar-refractivity contribution in [2.24, 2.45) is 5.73 Å². The minimum atomic E-state index is 0.250. The lowest BCUT2D eigenvalue weighted by Gasteiger charge is -2.11. The molecule has 0 atom stereocenters. The second-order valence-electron chi connectivity index (χ2n) is 6.70. The van der Waals surface area contributed by atoms with Gasteiger partial charge < -0.3 is 20.5 Å². The van der Waals surface area contributed by atoms with E-state index in [0.717, 1.165) is 11.4 Å². The van der Waals surface area contributed by atoms with Crippen LogP contribution in [0, 0.1) is 0 Å². The van der Waals surface area contributed by atoms with Crippen molar-refractivity contribution in [3.8, 4) is 11.4 Å². The van der Waals surface area contributed by atoms with Crippen molar-refractivity contribution in [2.45, 2.75) is 38.6 Å². The number of nitrogens with one attached hydrogen (secondary N) is 1. The highest BCUT2D eigenvalue weighted by molar-refractivity contribution is 5.72. The van der Waals surface area contributed by atoms with Crippen LogP contribution in [0.3, 0.4) is 0 Å². The second-order valence-corrected chi connectivity index (χ2v) is 6.70. The predicted octanol–water partition coefficient (Wildman–Crippen LogP) is 2.08. The largest absolute Gasteiger partial charge is 0.491 e. The van der Waals surface area contributed by atoms with Gasteiger partial charge in [-0.1, -0.05) is 18.1 Å². The van der Waals surface area contributed by atoms with E-state index in [-0.39, 0.29) is 6.41 Å². The Morgan fingerprint density at radius 3 is 2.67 bits per heavy atom. The summed E-state index contributed by atoms with van der Waals surface area (Å²) in [6, 6.07) is 8.16. The maximum Gasteiger partial charge on any atom is 0.225 e. The fourth-order valence-corrected chi connectivity index (χ4v) is 3.27. The summed E-state index contributed by atoms with van der Waals surface area (Å²) in [7, 11) is 0. The summed E-state index contributed by atoms with van der Waals surface area (Å²) in [5.41, 5.74) is 6.40. The van der Waals surface area contributed by atoms with Gasteiger partial charge in [0, 0.05) is 12.6 Å². The molecule has 10 heteroatoms. The minimum Gasteiger partial charge on any atom is -0.491 e. The smallest absolute Gasteiger partial charge is 0.225 e. The lowest BCUT2D eigenvalue weighted by atomic mass is 10.2. The normalized spacial score (nSPS) is 13.6. The van der Waals surface area contributed by atoms with Crippen LogP contribution in [0.5, 0.6) is 5.75 Å². The van der Waals surface area contributed by atoms with Crippen molar-refractivity contribution in [1.82, 2.24) is 25.0 Å². The number of nitrogens with two attached hydrogens (primary N) is 1. The number of primary amides is 1. The molecule has 2 heterocycles. The predicted molar refractivity (Wildman–Crippen MR) is 113 cm³/mol. The monoisotopic (exact) mass is 413 g/mol. The Balaban J connectivity index is 0.000000806. The lowest BCUT2D eigenvalue weighted by Crippen LogP contribution is -2.16.